The zero-order valence-corrected chi connectivity index (χ0v) is 19.1. The van der Waals surface area contributed by atoms with Crippen molar-refractivity contribution in [1.29, 1.82) is 0 Å². The van der Waals surface area contributed by atoms with Crippen LogP contribution in [0.15, 0.2) is 66.9 Å². The summed E-state index contributed by atoms with van der Waals surface area (Å²) in [5.41, 5.74) is 4.15. The van der Waals surface area contributed by atoms with E-state index in [0.717, 1.165) is 16.5 Å². The fraction of sp³-hybridized carbons (Fsp3) is 0.269. The normalized spacial score (nSPS) is 11.8. The number of nitrogens with one attached hydrogen (secondary N) is 1. The van der Waals surface area contributed by atoms with Crippen molar-refractivity contribution in [3.8, 4) is 0 Å². The molecule has 2 aromatic carbocycles. The molecule has 0 atom stereocenters. The largest absolute Gasteiger partial charge is 0.286 e. The number of fused-ring (bicyclic) bond motifs is 1. The van der Waals surface area contributed by atoms with Crippen molar-refractivity contribution in [1.82, 2.24) is 15.0 Å². The van der Waals surface area contributed by atoms with Crippen molar-refractivity contribution in [2.75, 3.05) is 0 Å². The van der Waals surface area contributed by atoms with Gasteiger partial charge in [0.05, 0.1) is 5.52 Å². The lowest BCUT2D eigenvalue weighted by atomic mass is 9.95. The number of benzene rings is 2. The molecule has 6 heteroatoms. The van der Waals surface area contributed by atoms with Crippen molar-refractivity contribution in [3.05, 3.63) is 78.0 Å². The molecule has 0 aliphatic rings. The molecule has 2 amide bonds. The van der Waals surface area contributed by atoms with Crippen LogP contribution in [-0.4, -0.2) is 33.3 Å². The molecular formula is C26H29N3O3. The first-order valence-corrected chi connectivity index (χ1v) is 10.6. The number of para-hydroxylation sites is 1. The van der Waals surface area contributed by atoms with Gasteiger partial charge >= 0.3 is 0 Å². The molecule has 3 rings (SSSR count). The number of amides is 2. The molecule has 6 nitrogen and oxygen atoms in total. The Kier molecular flexibility index (Phi) is 6.63. The van der Waals surface area contributed by atoms with E-state index in [4.69, 9.17) is 0 Å². The zero-order chi connectivity index (χ0) is 23.5. The van der Waals surface area contributed by atoms with E-state index in [1.807, 2.05) is 65.0 Å². The minimum Gasteiger partial charge on any atom is -0.286 e. The molecule has 1 aromatic heterocycles. The number of hydrogen-bond acceptors (Lipinski definition) is 3. The molecule has 0 bridgehead atoms. The van der Waals surface area contributed by atoms with Gasteiger partial charge in [0.2, 0.25) is 5.91 Å². The summed E-state index contributed by atoms with van der Waals surface area (Å²) in [6.07, 6.45) is 4.85. The third-order valence-electron chi connectivity index (χ3n) is 5.02. The molecule has 0 unspecified atom stereocenters. The Morgan fingerprint density at radius 1 is 0.969 bits per heavy atom. The second-order valence-electron chi connectivity index (χ2n) is 8.97. The van der Waals surface area contributed by atoms with Crippen LogP contribution in [-0.2, 0) is 4.79 Å². The summed E-state index contributed by atoms with van der Waals surface area (Å²) >= 11 is 0. The molecule has 1 N–H and O–H groups in total. The van der Waals surface area contributed by atoms with Gasteiger partial charge in [-0.25, -0.2) is 5.01 Å². The Labute approximate surface area is 188 Å². The third-order valence-corrected chi connectivity index (χ3v) is 5.02. The fourth-order valence-corrected chi connectivity index (χ4v) is 3.31. The van der Waals surface area contributed by atoms with Gasteiger partial charge in [-0.05, 0) is 38.1 Å². The SMILES string of the molecule is CC(C)N(NC(=O)c1ccccc1)C(=O)/C=C/c1cn(C(=O)C(C)(C)C)c2ccccc12. The Bertz CT molecular complexity index is 1170. The highest BCUT2D eigenvalue weighted by Crippen LogP contribution is 2.26. The van der Waals surface area contributed by atoms with E-state index in [-0.39, 0.29) is 23.8 Å². The van der Waals surface area contributed by atoms with E-state index in [9.17, 15) is 14.4 Å². The summed E-state index contributed by atoms with van der Waals surface area (Å²) in [5, 5.41) is 2.17. The molecule has 1 heterocycles. The smallest absolute Gasteiger partial charge is 0.269 e. The molecular weight excluding hydrogens is 402 g/mol. The molecule has 166 valence electrons. The zero-order valence-electron chi connectivity index (χ0n) is 19.1. The maximum atomic E-state index is 12.9. The Balaban J connectivity index is 1.88. The van der Waals surface area contributed by atoms with Gasteiger partial charge in [-0.1, -0.05) is 57.2 Å². The maximum absolute atomic E-state index is 12.9. The predicted molar refractivity (Wildman–Crippen MR) is 127 cm³/mol. The van der Waals surface area contributed by atoms with Crippen LogP contribution in [0.5, 0.6) is 0 Å². The molecule has 0 aliphatic carbocycles. The van der Waals surface area contributed by atoms with Crippen molar-refractivity contribution >= 4 is 34.7 Å². The summed E-state index contributed by atoms with van der Waals surface area (Å²) in [6, 6.07) is 16.1. The van der Waals surface area contributed by atoms with Gasteiger partial charge in [-0.15, -0.1) is 0 Å². The monoisotopic (exact) mass is 431 g/mol. The highest BCUT2D eigenvalue weighted by Gasteiger charge is 2.25. The average molecular weight is 432 g/mol. The van der Waals surface area contributed by atoms with Gasteiger partial charge in [0.25, 0.3) is 11.8 Å². The highest BCUT2D eigenvalue weighted by atomic mass is 16.2. The highest BCUT2D eigenvalue weighted by molar-refractivity contribution is 6.02. The van der Waals surface area contributed by atoms with Gasteiger partial charge in [0.1, 0.15) is 0 Å². The van der Waals surface area contributed by atoms with Crippen LogP contribution < -0.4 is 5.43 Å². The number of rotatable bonds is 4. The first-order chi connectivity index (χ1) is 15.1. The maximum Gasteiger partial charge on any atom is 0.269 e. The number of carbonyl (C=O) groups is 3. The number of nitrogens with zero attached hydrogens (tertiary/aromatic N) is 2. The van der Waals surface area contributed by atoms with Crippen LogP contribution >= 0.6 is 0 Å². The fourth-order valence-electron chi connectivity index (χ4n) is 3.31. The lowest BCUT2D eigenvalue weighted by Crippen LogP contribution is -2.49. The molecule has 32 heavy (non-hydrogen) atoms. The van der Waals surface area contributed by atoms with E-state index >= 15 is 0 Å². The average Bonchev–Trinajstić information content (AvgIpc) is 3.13. The van der Waals surface area contributed by atoms with Crippen molar-refractivity contribution in [2.45, 2.75) is 40.7 Å². The van der Waals surface area contributed by atoms with E-state index in [1.54, 1.807) is 41.1 Å². The van der Waals surface area contributed by atoms with Gasteiger partial charge in [-0.2, -0.15) is 0 Å². The minimum atomic E-state index is -0.547. The first kappa shape index (κ1) is 23.0. The molecule has 0 aliphatic heterocycles. The number of hydrazine groups is 1. The number of aromatic nitrogens is 1. The van der Waals surface area contributed by atoms with E-state index in [1.165, 1.54) is 11.1 Å². The second kappa shape index (κ2) is 9.22. The van der Waals surface area contributed by atoms with E-state index in [2.05, 4.69) is 5.43 Å². The first-order valence-electron chi connectivity index (χ1n) is 10.6. The summed E-state index contributed by atoms with van der Waals surface area (Å²) in [5.74, 6) is -0.740. The van der Waals surface area contributed by atoms with Crippen molar-refractivity contribution < 1.29 is 14.4 Å². The molecule has 3 aromatic rings. The standard InChI is InChI=1S/C26H29N3O3/c1-18(2)29(27-24(31)19-11-7-6-8-12-19)23(30)16-15-20-17-28(25(32)26(3,4)5)22-14-10-9-13-21(20)22/h6-18H,1-5H3,(H,27,31)/b16-15+. The van der Waals surface area contributed by atoms with Gasteiger partial charge < -0.3 is 0 Å². The van der Waals surface area contributed by atoms with Crippen LogP contribution in [0.25, 0.3) is 17.0 Å². The van der Waals surface area contributed by atoms with Crippen LogP contribution in [0.4, 0.5) is 0 Å². The lowest BCUT2D eigenvalue weighted by molar-refractivity contribution is -0.130. The second-order valence-corrected chi connectivity index (χ2v) is 8.97. The predicted octanol–water partition coefficient (Wildman–Crippen LogP) is 4.92. The van der Waals surface area contributed by atoms with E-state index < -0.39 is 5.41 Å². The summed E-state index contributed by atoms with van der Waals surface area (Å²) in [6.45, 7) is 9.27. The molecule has 0 fully saturated rings. The number of hydrogen-bond donors (Lipinski definition) is 1. The molecule has 0 saturated carbocycles. The Hall–Kier alpha value is -3.67. The van der Waals surface area contributed by atoms with Crippen LogP contribution in [0, 0.1) is 5.41 Å². The summed E-state index contributed by atoms with van der Waals surface area (Å²) in [7, 11) is 0. The number of carbonyl (C=O) groups excluding carboxylic acids is 3. The van der Waals surface area contributed by atoms with Crippen LogP contribution in [0.2, 0.25) is 0 Å². The Morgan fingerprint density at radius 3 is 2.22 bits per heavy atom. The minimum absolute atomic E-state index is 0.0291. The topological polar surface area (TPSA) is 71.4 Å². The lowest BCUT2D eigenvalue weighted by Gasteiger charge is -2.25. The van der Waals surface area contributed by atoms with Crippen LogP contribution in [0.1, 0.15) is 55.3 Å². The molecule has 0 saturated heterocycles. The third kappa shape index (κ3) is 4.97. The molecule has 0 radical (unpaired) electrons. The van der Waals surface area contributed by atoms with Crippen LogP contribution in [0.3, 0.4) is 0 Å². The van der Waals surface area contributed by atoms with Gasteiger partial charge in [0, 0.05) is 40.2 Å². The van der Waals surface area contributed by atoms with E-state index in [0.29, 0.717) is 5.56 Å². The quantitative estimate of drug-likeness (QED) is 0.471. The van der Waals surface area contributed by atoms with Crippen molar-refractivity contribution in [3.63, 3.8) is 0 Å². The summed E-state index contributed by atoms with van der Waals surface area (Å²) < 4.78 is 1.64. The van der Waals surface area contributed by atoms with Gasteiger partial charge in [0.15, 0.2) is 0 Å². The summed E-state index contributed by atoms with van der Waals surface area (Å²) in [4.78, 5) is 38.3. The molecule has 0 spiro atoms. The Morgan fingerprint density at radius 2 is 1.59 bits per heavy atom. The van der Waals surface area contributed by atoms with Crippen molar-refractivity contribution in [2.24, 2.45) is 5.41 Å². The van der Waals surface area contributed by atoms with Gasteiger partial charge in [-0.3, -0.25) is 24.4 Å².